The molecule has 0 radical (unpaired) electrons. The van der Waals surface area contributed by atoms with Crippen molar-refractivity contribution in [1.82, 2.24) is 5.32 Å². The van der Waals surface area contributed by atoms with Crippen molar-refractivity contribution in [3.8, 4) is 0 Å². The van der Waals surface area contributed by atoms with Crippen molar-refractivity contribution in [2.45, 2.75) is 13.0 Å². The van der Waals surface area contributed by atoms with Gasteiger partial charge in [-0.15, -0.1) is 0 Å². The SMILES string of the molecule is CC(=O)NC(CNc1c(F)cc(F)cc1Cl)C(=O)O. The van der Waals surface area contributed by atoms with Crippen molar-refractivity contribution in [3.05, 3.63) is 28.8 Å². The molecule has 104 valence electrons. The van der Waals surface area contributed by atoms with Gasteiger partial charge in [-0.25, -0.2) is 13.6 Å². The lowest BCUT2D eigenvalue weighted by Crippen LogP contribution is -2.44. The van der Waals surface area contributed by atoms with Gasteiger partial charge in [-0.05, 0) is 6.07 Å². The smallest absolute Gasteiger partial charge is 0.328 e. The van der Waals surface area contributed by atoms with Crippen LogP contribution in [0.5, 0.6) is 0 Å². The van der Waals surface area contributed by atoms with Crippen LogP contribution in [0.25, 0.3) is 0 Å². The molecule has 1 rings (SSSR count). The van der Waals surface area contributed by atoms with Gasteiger partial charge in [0.15, 0.2) is 5.82 Å². The molecule has 0 aliphatic rings. The summed E-state index contributed by atoms with van der Waals surface area (Å²) in [6.07, 6.45) is 0. The van der Waals surface area contributed by atoms with E-state index in [0.29, 0.717) is 6.07 Å². The fourth-order valence-electron chi connectivity index (χ4n) is 1.36. The lowest BCUT2D eigenvalue weighted by Gasteiger charge is -2.16. The molecule has 0 saturated carbocycles. The Morgan fingerprint density at radius 2 is 2.05 bits per heavy atom. The van der Waals surface area contributed by atoms with Crippen LogP contribution in [0.2, 0.25) is 5.02 Å². The molecule has 1 atom stereocenters. The van der Waals surface area contributed by atoms with E-state index in [1.807, 2.05) is 0 Å². The van der Waals surface area contributed by atoms with Gasteiger partial charge in [-0.2, -0.15) is 0 Å². The summed E-state index contributed by atoms with van der Waals surface area (Å²) in [5, 5.41) is 13.2. The number of amides is 1. The predicted molar refractivity (Wildman–Crippen MR) is 65.1 cm³/mol. The van der Waals surface area contributed by atoms with E-state index in [1.54, 1.807) is 0 Å². The topological polar surface area (TPSA) is 78.4 Å². The lowest BCUT2D eigenvalue weighted by atomic mass is 10.2. The highest BCUT2D eigenvalue weighted by Crippen LogP contribution is 2.26. The zero-order chi connectivity index (χ0) is 14.6. The number of rotatable bonds is 5. The normalized spacial score (nSPS) is 11.8. The Kier molecular flexibility index (Phi) is 5.05. The maximum Gasteiger partial charge on any atom is 0.328 e. The molecule has 0 saturated heterocycles. The Labute approximate surface area is 112 Å². The van der Waals surface area contributed by atoms with Crippen molar-refractivity contribution in [2.24, 2.45) is 0 Å². The van der Waals surface area contributed by atoms with Crippen LogP contribution in [-0.4, -0.2) is 29.6 Å². The number of halogens is 3. The summed E-state index contributed by atoms with van der Waals surface area (Å²) >= 11 is 5.63. The molecule has 1 aromatic carbocycles. The van der Waals surface area contributed by atoms with Crippen molar-refractivity contribution in [3.63, 3.8) is 0 Å². The number of carbonyl (C=O) groups excluding carboxylic acids is 1. The van der Waals surface area contributed by atoms with Crippen LogP contribution < -0.4 is 10.6 Å². The first-order chi connectivity index (χ1) is 8.81. The van der Waals surface area contributed by atoms with Gasteiger partial charge >= 0.3 is 5.97 Å². The summed E-state index contributed by atoms with van der Waals surface area (Å²) in [6, 6.07) is 0.252. The quantitative estimate of drug-likeness (QED) is 0.770. The van der Waals surface area contributed by atoms with Gasteiger partial charge in [0.2, 0.25) is 5.91 Å². The van der Waals surface area contributed by atoms with Crippen LogP contribution in [0.3, 0.4) is 0 Å². The van der Waals surface area contributed by atoms with Gasteiger partial charge < -0.3 is 15.7 Å². The van der Waals surface area contributed by atoms with Crippen molar-refractivity contribution in [2.75, 3.05) is 11.9 Å². The van der Waals surface area contributed by atoms with Gasteiger partial charge in [0.1, 0.15) is 11.9 Å². The zero-order valence-corrected chi connectivity index (χ0v) is 10.6. The van der Waals surface area contributed by atoms with E-state index in [1.165, 1.54) is 0 Å². The summed E-state index contributed by atoms with van der Waals surface area (Å²) in [5.74, 6) is -3.62. The molecule has 1 amide bonds. The lowest BCUT2D eigenvalue weighted by molar-refractivity contribution is -0.141. The highest BCUT2D eigenvalue weighted by Gasteiger charge is 2.19. The van der Waals surface area contributed by atoms with Crippen LogP contribution in [0.1, 0.15) is 6.92 Å². The van der Waals surface area contributed by atoms with Crippen molar-refractivity contribution >= 4 is 29.2 Å². The third kappa shape index (κ3) is 4.36. The first-order valence-electron chi connectivity index (χ1n) is 5.19. The van der Waals surface area contributed by atoms with Crippen LogP contribution in [0.15, 0.2) is 12.1 Å². The Morgan fingerprint density at radius 1 is 1.42 bits per heavy atom. The minimum atomic E-state index is -1.29. The summed E-state index contributed by atoms with van der Waals surface area (Å²) in [5.41, 5.74) is -0.223. The Morgan fingerprint density at radius 3 is 2.53 bits per heavy atom. The molecule has 5 nitrogen and oxygen atoms in total. The maximum atomic E-state index is 13.4. The number of aliphatic carboxylic acids is 1. The largest absolute Gasteiger partial charge is 0.480 e. The van der Waals surface area contributed by atoms with E-state index in [-0.39, 0.29) is 17.3 Å². The van der Waals surface area contributed by atoms with E-state index in [4.69, 9.17) is 16.7 Å². The maximum absolute atomic E-state index is 13.4. The minimum Gasteiger partial charge on any atom is -0.480 e. The third-order valence-corrected chi connectivity index (χ3v) is 2.46. The highest BCUT2D eigenvalue weighted by atomic mass is 35.5. The molecule has 0 spiro atoms. The number of carboxylic acids is 1. The number of hydrogen-bond acceptors (Lipinski definition) is 3. The molecule has 0 aromatic heterocycles. The minimum absolute atomic E-state index is 0.218. The molecular formula is C11H11ClF2N2O3. The molecule has 8 heteroatoms. The molecule has 1 aromatic rings. The van der Waals surface area contributed by atoms with E-state index in [9.17, 15) is 18.4 Å². The number of carbonyl (C=O) groups is 2. The van der Waals surface area contributed by atoms with Gasteiger partial charge in [0.05, 0.1) is 10.7 Å². The molecule has 0 aliphatic carbocycles. The molecule has 19 heavy (non-hydrogen) atoms. The summed E-state index contributed by atoms with van der Waals surface area (Å²) < 4.78 is 26.2. The first-order valence-corrected chi connectivity index (χ1v) is 5.57. The number of hydrogen-bond donors (Lipinski definition) is 3. The third-order valence-electron chi connectivity index (χ3n) is 2.17. The predicted octanol–water partition coefficient (Wildman–Crippen LogP) is 1.62. The van der Waals surface area contributed by atoms with Crippen molar-refractivity contribution in [1.29, 1.82) is 0 Å². The van der Waals surface area contributed by atoms with Crippen molar-refractivity contribution < 1.29 is 23.5 Å². The van der Waals surface area contributed by atoms with E-state index in [2.05, 4.69) is 10.6 Å². The summed E-state index contributed by atoms with van der Waals surface area (Å²) in [6.45, 7) is 0.860. The fourth-order valence-corrected chi connectivity index (χ4v) is 1.62. The Balaban J connectivity index is 2.80. The molecule has 0 bridgehead atoms. The van der Waals surface area contributed by atoms with E-state index < -0.39 is 29.6 Å². The molecule has 3 N–H and O–H groups in total. The first kappa shape index (κ1) is 15.2. The van der Waals surface area contributed by atoms with Gasteiger partial charge in [-0.3, -0.25) is 4.79 Å². The second kappa shape index (κ2) is 6.33. The second-order valence-electron chi connectivity index (χ2n) is 3.72. The highest BCUT2D eigenvalue weighted by molar-refractivity contribution is 6.33. The van der Waals surface area contributed by atoms with Crippen LogP contribution >= 0.6 is 11.6 Å². The fraction of sp³-hybridized carbons (Fsp3) is 0.273. The monoisotopic (exact) mass is 292 g/mol. The molecule has 1 unspecified atom stereocenters. The zero-order valence-electron chi connectivity index (χ0n) is 9.84. The Bertz CT molecular complexity index is 488. The summed E-state index contributed by atoms with van der Waals surface area (Å²) in [7, 11) is 0. The van der Waals surface area contributed by atoms with Gasteiger partial charge in [0, 0.05) is 19.5 Å². The molecular weight excluding hydrogens is 282 g/mol. The van der Waals surface area contributed by atoms with Crippen LogP contribution in [0, 0.1) is 11.6 Å². The molecule has 0 aliphatic heterocycles. The molecule has 0 heterocycles. The van der Waals surface area contributed by atoms with Gasteiger partial charge in [-0.1, -0.05) is 11.6 Å². The number of nitrogens with one attached hydrogen (secondary N) is 2. The summed E-state index contributed by atoms with van der Waals surface area (Å²) in [4.78, 5) is 21.6. The second-order valence-corrected chi connectivity index (χ2v) is 4.12. The average molecular weight is 293 g/mol. The number of carboxylic acid groups (broad SMARTS) is 1. The average Bonchev–Trinajstić information content (AvgIpc) is 2.25. The van der Waals surface area contributed by atoms with Crippen LogP contribution in [-0.2, 0) is 9.59 Å². The standard InChI is InChI=1S/C11H11ClF2N2O3/c1-5(17)16-9(11(18)19)4-15-10-7(12)2-6(13)3-8(10)14/h2-3,9,15H,4H2,1H3,(H,16,17)(H,18,19). The Hall–Kier alpha value is -1.89. The van der Waals surface area contributed by atoms with E-state index >= 15 is 0 Å². The van der Waals surface area contributed by atoms with Gasteiger partial charge in [0.25, 0.3) is 0 Å². The number of benzene rings is 1. The number of anilines is 1. The van der Waals surface area contributed by atoms with Crippen LogP contribution in [0.4, 0.5) is 14.5 Å². The van der Waals surface area contributed by atoms with E-state index in [0.717, 1.165) is 13.0 Å². The molecule has 0 fully saturated rings.